The maximum absolute atomic E-state index is 12.6. The van der Waals surface area contributed by atoms with Gasteiger partial charge in [-0.25, -0.2) is 4.79 Å². The minimum atomic E-state index is -0.410. The second-order valence-corrected chi connectivity index (χ2v) is 7.35. The highest BCUT2D eigenvalue weighted by Gasteiger charge is 2.21. The largest absolute Gasteiger partial charge is 0.458 e. The van der Waals surface area contributed by atoms with E-state index < -0.39 is 5.97 Å². The minimum absolute atomic E-state index is 0.0731. The Morgan fingerprint density at radius 1 is 1.15 bits per heavy atom. The molecular formula is C20H22N2O3S. The number of benzene rings is 1. The molecule has 1 aromatic carbocycles. The molecule has 3 rings (SSSR count). The first-order valence-electron chi connectivity index (χ1n) is 8.57. The smallest absolute Gasteiger partial charge is 0.355 e. The first-order valence-corrected chi connectivity index (χ1v) is 9.45. The van der Waals surface area contributed by atoms with Crippen LogP contribution in [-0.4, -0.2) is 22.5 Å². The number of amides is 1. The number of nitrogens with one attached hydrogen (secondary N) is 1. The molecular weight excluding hydrogens is 348 g/mol. The predicted molar refractivity (Wildman–Crippen MR) is 103 cm³/mol. The summed E-state index contributed by atoms with van der Waals surface area (Å²) in [4.78, 5) is 25.9. The molecule has 136 valence electrons. The number of aromatic nitrogens is 1. The van der Waals surface area contributed by atoms with Gasteiger partial charge in [-0.15, -0.1) is 11.3 Å². The number of nitrogens with zero attached hydrogens (tertiary/aromatic N) is 1. The highest BCUT2D eigenvalue weighted by Crippen LogP contribution is 2.26. The molecule has 6 heteroatoms. The van der Waals surface area contributed by atoms with Crippen LogP contribution in [0.4, 0.5) is 0 Å². The summed E-state index contributed by atoms with van der Waals surface area (Å²) in [6, 6.07) is 13.4. The van der Waals surface area contributed by atoms with Crippen LogP contribution in [0.3, 0.4) is 0 Å². The van der Waals surface area contributed by atoms with Crippen molar-refractivity contribution in [2.45, 2.75) is 39.5 Å². The monoisotopic (exact) mass is 370 g/mol. The lowest BCUT2D eigenvalue weighted by Crippen LogP contribution is -2.31. The maximum atomic E-state index is 12.6. The van der Waals surface area contributed by atoms with Crippen molar-refractivity contribution >= 4 is 33.4 Å². The van der Waals surface area contributed by atoms with Crippen molar-refractivity contribution in [3.63, 3.8) is 0 Å². The van der Waals surface area contributed by atoms with Gasteiger partial charge in [0.2, 0.25) is 5.91 Å². The van der Waals surface area contributed by atoms with Crippen LogP contribution >= 0.6 is 11.3 Å². The summed E-state index contributed by atoms with van der Waals surface area (Å²) in [5.41, 5.74) is 1.44. The predicted octanol–water partition coefficient (Wildman–Crippen LogP) is 4.15. The Morgan fingerprint density at radius 2 is 1.88 bits per heavy atom. The molecule has 3 aromatic rings. The quantitative estimate of drug-likeness (QED) is 0.663. The number of thiophene rings is 1. The zero-order valence-corrected chi connectivity index (χ0v) is 15.9. The SMILES string of the molecule is CC(C)OC(=O)c1cc2ccsc2n1CC(=O)N[C@@H](C)c1ccccc1. The van der Waals surface area contributed by atoms with E-state index >= 15 is 0 Å². The Balaban J connectivity index is 1.80. The van der Waals surface area contributed by atoms with E-state index in [-0.39, 0.29) is 24.6 Å². The van der Waals surface area contributed by atoms with Gasteiger partial charge in [-0.1, -0.05) is 30.3 Å². The van der Waals surface area contributed by atoms with Crippen LogP contribution in [0.1, 0.15) is 42.9 Å². The van der Waals surface area contributed by atoms with E-state index in [0.717, 1.165) is 15.8 Å². The first kappa shape index (κ1) is 18.2. The Hall–Kier alpha value is -2.60. The van der Waals surface area contributed by atoms with Crippen molar-refractivity contribution < 1.29 is 14.3 Å². The number of ether oxygens (including phenoxy) is 1. The maximum Gasteiger partial charge on any atom is 0.355 e. The van der Waals surface area contributed by atoms with Crippen molar-refractivity contribution in [1.82, 2.24) is 9.88 Å². The van der Waals surface area contributed by atoms with Gasteiger partial charge < -0.3 is 14.6 Å². The van der Waals surface area contributed by atoms with Gasteiger partial charge in [0.05, 0.1) is 12.1 Å². The van der Waals surface area contributed by atoms with Crippen LogP contribution in [0, 0.1) is 0 Å². The normalized spacial score (nSPS) is 12.3. The van der Waals surface area contributed by atoms with E-state index in [1.165, 1.54) is 11.3 Å². The lowest BCUT2D eigenvalue weighted by molar-refractivity contribution is -0.122. The highest BCUT2D eigenvalue weighted by atomic mass is 32.1. The molecule has 0 fully saturated rings. The van der Waals surface area contributed by atoms with Crippen LogP contribution in [0.2, 0.25) is 0 Å². The van der Waals surface area contributed by atoms with Crippen molar-refractivity contribution in [1.29, 1.82) is 0 Å². The van der Waals surface area contributed by atoms with Gasteiger partial charge in [0.25, 0.3) is 0 Å². The van der Waals surface area contributed by atoms with Gasteiger partial charge in [-0.2, -0.15) is 0 Å². The molecule has 0 saturated heterocycles. The molecule has 0 bridgehead atoms. The molecule has 0 aliphatic carbocycles. The lowest BCUT2D eigenvalue weighted by atomic mass is 10.1. The van der Waals surface area contributed by atoms with Crippen LogP contribution in [0.15, 0.2) is 47.8 Å². The van der Waals surface area contributed by atoms with Crippen molar-refractivity contribution in [3.8, 4) is 0 Å². The average Bonchev–Trinajstić information content (AvgIpc) is 3.17. The number of hydrogen-bond donors (Lipinski definition) is 1. The summed E-state index contributed by atoms with van der Waals surface area (Å²) in [5.74, 6) is -0.557. The third-order valence-electron chi connectivity index (χ3n) is 4.03. The van der Waals surface area contributed by atoms with Crippen LogP contribution < -0.4 is 5.32 Å². The Kier molecular flexibility index (Phi) is 5.42. The van der Waals surface area contributed by atoms with E-state index in [9.17, 15) is 9.59 Å². The number of carbonyl (C=O) groups excluding carboxylic acids is 2. The first-order chi connectivity index (χ1) is 12.5. The summed E-state index contributed by atoms with van der Waals surface area (Å²) >= 11 is 1.50. The van der Waals surface area contributed by atoms with Gasteiger partial charge >= 0.3 is 5.97 Å². The Morgan fingerprint density at radius 3 is 2.58 bits per heavy atom. The highest BCUT2D eigenvalue weighted by molar-refractivity contribution is 7.16. The molecule has 1 atom stereocenters. The van der Waals surface area contributed by atoms with Crippen molar-refractivity contribution in [2.24, 2.45) is 0 Å². The van der Waals surface area contributed by atoms with E-state index in [0.29, 0.717) is 5.69 Å². The summed E-state index contributed by atoms with van der Waals surface area (Å²) in [6.07, 6.45) is -0.212. The fourth-order valence-corrected chi connectivity index (χ4v) is 3.73. The van der Waals surface area contributed by atoms with E-state index in [1.807, 2.05) is 62.5 Å². The molecule has 0 unspecified atom stereocenters. The van der Waals surface area contributed by atoms with Crippen LogP contribution in [0.5, 0.6) is 0 Å². The van der Waals surface area contributed by atoms with Crippen molar-refractivity contribution in [2.75, 3.05) is 0 Å². The Bertz CT molecular complexity index is 912. The lowest BCUT2D eigenvalue weighted by Gasteiger charge is -2.16. The average molecular weight is 370 g/mol. The number of fused-ring (bicyclic) bond motifs is 1. The third-order valence-corrected chi connectivity index (χ3v) is 4.98. The van der Waals surface area contributed by atoms with E-state index in [2.05, 4.69) is 5.32 Å². The summed E-state index contributed by atoms with van der Waals surface area (Å²) in [7, 11) is 0. The minimum Gasteiger partial charge on any atom is -0.458 e. The number of rotatable bonds is 6. The zero-order chi connectivity index (χ0) is 18.7. The molecule has 0 radical (unpaired) electrons. The van der Waals surface area contributed by atoms with Crippen LogP contribution in [0.25, 0.3) is 10.2 Å². The Labute approximate surface area is 156 Å². The van der Waals surface area contributed by atoms with Gasteiger partial charge in [0.15, 0.2) is 0 Å². The molecule has 5 nitrogen and oxygen atoms in total. The summed E-state index contributed by atoms with van der Waals surface area (Å²) < 4.78 is 7.05. The van der Waals surface area contributed by atoms with Gasteiger partial charge in [-0.05, 0) is 43.8 Å². The zero-order valence-electron chi connectivity index (χ0n) is 15.1. The second kappa shape index (κ2) is 7.74. The van der Waals surface area contributed by atoms with Gasteiger partial charge in [-0.3, -0.25) is 4.79 Å². The van der Waals surface area contributed by atoms with Gasteiger partial charge in [0.1, 0.15) is 17.1 Å². The van der Waals surface area contributed by atoms with E-state index in [4.69, 9.17) is 4.74 Å². The molecule has 2 aromatic heterocycles. The summed E-state index contributed by atoms with van der Waals surface area (Å²) in [6.45, 7) is 5.63. The molecule has 0 spiro atoms. The molecule has 26 heavy (non-hydrogen) atoms. The number of hydrogen-bond acceptors (Lipinski definition) is 4. The summed E-state index contributed by atoms with van der Waals surface area (Å²) in [5, 5.41) is 5.88. The molecule has 2 heterocycles. The molecule has 1 N–H and O–H groups in total. The number of esters is 1. The van der Waals surface area contributed by atoms with Gasteiger partial charge in [0, 0.05) is 5.39 Å². The fourth-order valence-electron chi connectivity index (χ4n) is 2.83. The molecule has 0 saturated carbocycles. The topological polar surface area (TPSA) is 60.3 Å². The van der Waals surface area contributed by atoms with E-state index in [1.54, 1.807) is 10.6 Å². The molecule has 0 aliphatic heterocycles. The molecule has 1 amide bonds. The van der Waals surface area contributed by atoms with Crippen molar-refractivity contribution in [3.05, 3.63) is 59.1 Å². The second-order valence-electron chi connectivity index (χ2n) is 6.45. The standard InChI is InChI=1S/C20H22N2O3S/c1-13(2)25-20(24)17-11-16-9-10-26-19(16)22(17)12-18(23)21-14(3)15-7-5-4-6-8-15/h4-11,13-14H,12H2,1-3H3,(H,21,23)/t14-/m0/s1. The number of carbonyl (C=O) groups is 2. The van der Waals surface area contributed by atoms with Crippen LogP contribution in [-0.2, 0) is 16.1 Å². The fraction of sp³-hybridized carbons (Fsp3) is 0.300. The molecule has 0 aliphatic rings. The third kappa shape index (κ3) is 3.96.